The average Bonchev–Trinajstić information content (AvgIpc) is 3.10. The number of rotatable bonds is 9. The number of hydrogen-bond acceptors (Lipinski definition) is 8. The van der Waals surface area contributed by atoms with Crippen LogP contribution in [0.5, 0.6) is 11.5 Å². The molecule has 2 aromatic carbocycles. The normalized spacial score (nSPS) is 13.4. The van der Waals surface area contributed by atoms with Gasteiger partial charge in [0.1, 0.15) is 23.2 Å². The second kappa shape index (κ2) is 10.4. The summed E-state index contributed by atoms with van der Waals surface area (Å²) in [6.45, 7) is 7.99. The van der Waals surface area contributed by atoms with Gasteiger partial charge in [0.15, 0.2) is 15.6 Å². The fourth-order valence-corrected chi connectivity index (χ4v) is 4.54. The van der Waals surface area contributed by atoms with Gasteiger partial charge in [0.2, 0.25) is 0 Å². The van der Waals surface area contributed by atoms with Gasteiger partial charge in [-0.15, -0.1) is 0 Å². The summed E-state index contributed by atoms with van der Waals surface area (Å²) in [5, 5.41) is 24.7. The van der Waals surface area contributed by atoms with Gasteiger partial charge in [-0.25, -0.2) is 8.42 Å². The van der Waals surface area contributed by atoms with E-state index in [1.54, 1.807) is 23.1 Å². The van der Waals surface area contributed by atoms with Crippen molar-refractivity contribution in [3.05, 3.63) is 52.1 Å². The van der Waals surface area contributed by atoms with E-state index in [0.29, 0.717) is 29.0 Å². The summed E-state index contributed by atoms with van der Waals surface area (Å²) < 4.78 is 29.0. The van der Waals surface area contributed by atoms with Gasteiger partial charge in [-0.1, -0.05) is 20.8 Å². The van der Waals surface area contributed by atoms with Crippen LogP contribution in [0.2, 0.25) is 0 Å². The highest BCUT2D eigenvalue weighted by atomic mass is 32.2. The van der Waals surface area contributed by atoms with E-state index in [1.807, 2.05) is 27.7 Å². The molecule has 1 heterocycles. The molecule has 0 fully saturated rings. The summed E-state index contributed by atoms with van der Waals surface area (Å²) >= 11 is 0. The molecule has 0 bridgehead atoms. The third-order valence-corrected chi connectivity index (χ3v) is 6.68. The first-order chi connectivity index (χ1) is 17.2. The van der Waals surface area contributed by atoms with Gasteiger partial charge in [0, 0.05) is 36.5 Å². The number of amidine groups is 1. The van der Waals surface area contributed by atoms with Crippen molar-refractivity contribution >= 4 is 33.1 Å². The van der Waals surface area contributed by atoms with E-state index in [1.165, 1.54) is 13.1 Å². The van der Waals surface area contributed by atoms with E-state index < -0.39 is 21.1 Å². The molecular weight excluding hydrogens is 496 g/mol. The molecule has 0 saturated carbocycles. The number of fused-ring (bicyclic) bond motifs is 1. The molecular formula is C26H34N4O6S. The highest BCUT2D eigenvalue weighted by Gasteiger charge is 2.30. The third-order valence-electron chi connectivity index (χ3n) is 6.01. The highest BCUT2D eigenvalue weighted by Crippen LogP contribution is 2.38. The first kappa shape index (κ1) is 28.0. The van der Waals surface area contributed by atoms with Crippen molar-refractivity contribution in [3.63, 3.8) is 0 Å². The quantitative estimate of drug-likeness (QED) is 0.286. The number of nitrogens with one attached hydrogen (secondary N) is 3. The second-order valence-corrected chi connectivity index (χ2v) is 12.2. The summed E-state index contributed by atoms with van der Waals surface area (Å²) in [5.74, 6) is -0.620. The van der Waals surface area contributed by atoms with Crippen LogP contribution in [-0.2, 0) is 21.8 Å². The maximum absolute atomic E-state index is 13.4. The minimum absolute atomic E-state index is 0.112. The van der Waals surface area contributed by atoms with E-state index >= 15 is 0 Å². The summed E-state index contributed by atoms with van der Waals surface area (Å²) in [6.07, 6.45) is 1.07. The fraction of sp³-hybridized carbons (Fsp3) is 0.423. The SMILES string of the molecule is CCOc1cc2c(cc1C(=O)NC)C(=N)N(CC(=O)c1cc(NCS(C)(=O)=O)c(O)c(C(C)(C)C)c1)C2. The van der Waals surface area contributed by atoms with E-state index in [2.05, 4.69) is 10.6 Å². The molecule has 0 aliphatic carbocycles. The Morgan fingerprint density at radius 2 is 1.86 bits per heavy atom. The first-order valence-corrected chi connectivity index (χ1v) is 13.9. The predicted molar refractivity (Wildman–Crippen MR) is 143 cm³/mol. The molecule has 3 rings (SSSR count). The van der Waals surface area contributed by atoms with Crippen LogP contribution in [0.1, 0.15) is 65.1 Å². The van der Waals surface area contributed by atoms with Gasteiger partial charge in [-0.2, -0.15) is 0 Å². The molecule has 10 nitrogen and oxygen atoms in total. The summed E-state index contributed by atoms with van der Waals surface area (Å²) in [6, 6.07) is 6.38. The minimum atomic E-state index is -3.38. The summed E-state index contributed by atoms with van der Waals surface area (Å²) in [4.78, 5) is 27.3. The fourth-order valence-electron chi connectivity index (χ4n) is 4.13. The molecule has 0 unspecified atom stereocenters. The third kappa shape index (κ3) is 6.22. The average molecular weight is 531 g/mol. The van der Waals surface area contributed by atoms with Crippen LogP contribution in [0.3, 0.4) is 0 Å². The Balaban J connectivity index is 1.93. The maximum atomic E-state index is 13.4. The van der Waals surface area contributed by atoms with Crippen molar-refractivity contribution in [2.45, 2.75) is 39.7 Å². The summed E-state index contributed by atoms with van der Waals surface area (Å²) in [5.41, 5.74) is 2.03. The number of nitrogens with zero attached hydrogens (tertiary/aromatic N) is 1. The molecule has 2 aromatic rings. The molecule has 1 aliphatic heterocycles. The molecule has 0 spiro atoms. The van der Waals surface area contributed by atoms with Crippen molar-refractivity contribution in [2.24, 2.45) is 0 Å². The number of aromatic hydroxyl groups is 1. The zero-order valence-corrected chi connectivity index (χ0v) is 22.8. The van der Waals surface area contributed by atoms with Gasteiger partial charge in [-0.05, 0) is 42.2 Å². The van der Waals surface area contributed by atoms with Crippen molar-refractivity contribution in [2.75, 3.05) is 37.6 Å². The zero-order valence-electron chi connectivity index (χ0n) is 22.0. The number of benzene rings is 2. The Kier molecular flexibility index (Phi) is 7.87. The highest BCUT2D eigenvalue weighted by molar-refractivity contribution is 7.90. The van der Waals surface area contributed by atoms with E-state index in [0.717, 1.165) is 11.8 Å². The Hall–Kier alpha value is -3.60. The number of carbonyl (C=O) groups excluding carboxylic acids is 2. The Labute approximate surface area is 217 Å². The molecule has 4 N–H and O–H groups in total. The minimum Gasteiger partial charge on any atom is -0.505 e. The molecule has 11 heteroatoms. The predicted octanol–water partition coefficient (Wildman–Crippen LogP) is 2.89. The number of phenols is 1. The molecule has 0 saturated heterocycles. The second-order valence-electron chi connectivity index (χ2n) is 10.1. The first-order valence-electron chi connectivity index (χ1n) is 11.8. The van der Waals surface area contributed by atoms with Crippen LogP contribution < -0.4 is 15.4 Å². The van der Waals surface area contributed by atoms with E-state index in [-0.39, 0.29) is 47.6 Å². The number of amides is 1. The van der Waals surface area contributed by atoms with E-state index in [9.17, 15) is 23.1 Å². The molecule has 0 atom stereocenters. The molecule has 37 heavy (non-hydrogen) atoms. The Morgan fingerprint density at radius 3 is 2.43 bits per heavy atom. The largest absolute Gasteiger partial charge is 0.505 e. The molecule has 1 aliphatic rings. The molecule has 200 valence electrons. The topological polar surface area (TPSA) is 149 Å². The van der Waals surface area contributed by atoms with Gasteiger partial charge in [0.25, 0.3) is 5.91 Å². The van der Waals surface area contributed by atoms with Crippen LogP contribution in [0, 0.1) is 5.41 Å². The van der Waals surface area contributed by atoms with Crippen LogP contribution >= 0.6 is 0 Å². The Bertz CT molecular complexity index is 1360. The van der Waals surface area contributed by atoms with Gasteiger partial charge >= 0.3 is 0 Å². The zero-order chi connectivity index (χ0) is 27.7. The number of hydrogen-bond donors (Lipinski definition) is 4. The lowest BCUT2D eigenvalue weighted by molar-refractivity contribution is 0.0953. The number of ether oxygens (including phenoxy) is 1. The van der Waals surface area contributed by atoms with Crippen LogP contribution in [-0.4, -0.2) is 68.3 Å². The maximum Gasteiger partial charge on any atom is 0.254 e. The molecule has 0 aromatic heterocycles. The van der Waals surface area contributed by atoms with Crippen molar-refractivity contribution in [3.8, 4) is 11.5 Å². The molecule has 0 radical (unpaired) electrons. The number of carbonyl (C=O) groups is 2. The smallest absolute Gasteiger partial charge is 0.254 e. The number of ketones is 1. The number of anilines is 1. The monoisotopic (exact) mass is 530 g/mol. The van der Waals surface area contributed by atoms with Crippen LogP contribution in [0.4, 0.5) is 5.69 Å². The van der Waals surface area contributed by atoms with Crippen molar-refractivity contribution in [1.82, 2.24) is 10.2 Å². The number of phenolic OH excluding ortho intramolecular Hbond substituents is 1. The lowest BCUT2D eigenvalue weighted by Crippen LogP contribution is -2.30. The van der Waals surface area contributed by atoms with Crippen molar-refractivity contribution in [1.29, 1.82) is 5.41 Å². The van der Waals surface area contributed by atoms with Gasteiger partial charge in [0.05, 0.1) is 24.4 Å². The Morgan fingerprint density at radius 1 is 1.19 bits per heavy atom. The number of sulfone groups is 1. The standard InChI is InChI=1S/C26H34N4O6S/c1-7-36-22-10-16-12-30(24(27)17(16)11-18(22)25(33)28-5)13-21(31)15-8-19(26(2,3)4)23(32)20(9-15)29-14-37(6,34)35/h8-11,27,29,32H,7,12-14H2,1-6H3,(H,28,33). The van der Waals surface area contributed by atoms with Crippen molar-refractivity contribution < 1.29 is 27.9 Å². The van der Waals surface area contributed by atoms with E-state index in [4.69, 9.17) is 10.1 Å². The molecule has 1 amide bonds. The number of Topliss-reactive ketones (excluding diaryl/α,β-unsaturated/α-hetero) is 1. The van der Waals surface area contributed by atoms with Crippen LogP contribution in [0.25, 0.3) is 0 Å². The summed E-state index contributed by atoms with van der Waals surface area (Å²) in [7, 11) is -1.86. The van der Waals surface area contributed by atoms with Gasteiger partial charge < -0.3 is 25.4 Å². The lowest BCUT2D eigenvalue weighted by atomic mass is 9.84. The van der Waals surface area contributed by atoms with Crippen LogP contribution in [0.15, 0.2) is 24.3 Å². The lowest BCUT2D eigenvalue weighted by Gasteiger charge is -2.24. The van der Waals surface area contributed by atoms with Gasteiger partial charge in [-0.3, -0.25) is 15.0 Å².